The molecule has 2 aliphatic heterocycles. The zero-order valence-electron chi connectivity index (χ0n) is 20.5. The number of nitrogens with two attached hydrogens (primary N) is 1. The van der Waals surface area contributed by atoms with Gasteiger partial charge >= 0.3 is 175 Å². The summed E-state index contributed by atoms with van der Waals surface area (Å²) in [4.78, 5) is 51.9. The van der Waals surface area contributed by atoms with Crippen molar-refractivity contribution < 1.29 is 28.2 Å². The zero-order valence-corrected chi connectivity index (χ0v) is 21.5. The van der Waals surface area contributed by atoms with Gasteiger partial charge in [-0.3, -0.25) is 4.79 Å². The van der Waals surface area contributed by atoms with Crippen molar-refractivity contribution in [3.63, 3.8) is 0 Å². The molecule has 12 heteroatoms. The van der Waals surface area contributed by atoms with Gasteiger partial charge in [0.15, 0.2) is 0 Å². The molecule has 11 nitrogen and oxygen atoms in total. The van der Waals surface area contributed by atoms with E-state index in [1.807, 2.05) is 0 Å². The normalized spacial score (nSPS) is 32.4. The number of hydrogen-bond donors (Lipinski definition) is 3. The number of carbonyl (C=O) groups excluding carboxylic acids is 4. The first-order chi connectivity index (χ1) is 17.1. The topological polar surface area (TPSA) is 152 Å². The first-order valence-corrected chi connectivity index (χ1v) is 14.9. The Morgan fingerprint density at radius 2 is 1.86 bits per heavy atom. The number of amides is 2. The standard InChI is InChI=1S/C24H34N5O6P/c1-15-3-6-19(30)29(15)10-9-23(7-8-23)20(31)28-27-18-11-24(12-18)21(32)34-36(2,35-22(24)33)26-14-17-5-4-16(17)13-25/h3,6,16-17,26,36H,1,4-5,7-14,25H2,2H3,(H,28,31)/t16-,17-/m0/s1. The van der Waals surface area contributed by atoms with Crippen LogP contribution < -0.4 is 16.2 Å². The van der Waals surface area contributed by atoms with E-state index in [2.05, 4.69) is 22.2 Å². The number of nitrogens with zero attached hydrogens (tertiary/aromatic N) is 2. The second-order valence-electron chi connectivity index (χ2n) is 10.8. The van der Waals surface area contributed by atoms with E-state index >= 15 is 0 Å². The summed E-state index contributed by atoms with van der Waals surface area (Å²) in [5.74, 6) is -0.661. The van der Waals surface area contributed by atoms with Crippen molar-refractivity contribution >= 4 is 37.3 Å². The fourth-order valence-corrected chi connectivity index (χ4v) is 7.25. The Bertz CT molecular complexity index is 1030. The first kappa shape index (κ1) is 25.0. The van der Waals surface area contributed by atoms with E-state index in [1.165, 1.54) is 6.08 Å². The van der Waals surface area contributed by atoms with Gasteiger partial charge < -0.3 is 0 Å². The Kier molecular flexibility index (Phi) is 6.29. The SMILES string of the molecule is C=C1C=CC(=O)N1CCC1(C(=O)NN=C2CC3(C2)C(=O)O[PH](C)(NC[C@@H]2CC[C@H]2CN)OC3=O)CC1. The maximum absolute atomic E-state index is 12.9. The third-order valence-corrected chi connectivity index (χ3v) is 10.4. The molecule has 2 atom stereocenters. The molecule has 4 fully saturated rings. The molecule has 36 heavy (non-hydrogen) atoms. The Hall–Kier alpha value is -2.62. The molecule has 0 aromatic rings. The molecule has 2 heterocycles. The summed E-state index contributed by atoms with van der Waals surface area (Å²) in [6.07, 6.45) is 7.36. The first-order valence-electron chi connectivity index (χ1n) is 12.6. The monoisotopic (exact) mass is 519 g/mol. The molecule has 5 rings (SSSR count). The Labute approximate surface area is 210 Å². The molecule has 0 aromatic heterocycles. The molecule has 0 bridgehead atoms. The molecule has 1 spiro atoms. The van der Waals surface area contributed by atoms with Gasteiger partial charge in [-0.2, -0.15) is 0 Å². The summed E-state index contributed by atoms with van der Waals surface area (Å²) in [5.41, 5.74) is 7.59. The predicted octanol–water partition coefficient (Wildman–Crippen LogP) is 1.12. The van der Waals surface area contributed by atoms with Gasteiger partial charge in [0.2, 0.25) is 0 Å². The zero-order chi connectivity index (χ0) is 25.7. The van der Waals surface area contributed by atoms with Gasteiger partial charge in [0.05, 0.1) is 0 Å². The van der Waals surface area contributed by atoms with Gasteiger partial charge in [-0.25, -0.2) is 0 Å². The number of nitrogens with one attached hydrogen (secondary N) is 2. The minimum atomic E-state index is -3.16. The van der Waals surface area contributed by atoms with Crippen LogP contribution in [-0.2, 0) is 28.2 Å². The molecule has 3 saturated carbocycles. The van der Waals surface area contributed by atoms with Crippen molar-refractivity contribution in [2.24, 2.45) is 33.5 Å². The van der Waals surface area contributed by atoms with Gasteiger partial charge in [-0.1, -0.05) is 6.58 Å². The Morgan fingerprint density at radius 3 is 2.39 bits per heavy atom. The molecule has 1 saturated heterocycles. The van der Waals surface area contributed by atoms with E-state index in [4.69, 9.17) is 14.8 Å². The van der Waals surface area contributed by atoms with Crippen molar-refractivity contribution in [2.45, 2.75) is 44.9 Å². The average molecular weight is 520 g/mol. The molecule has 0 aromatic carbocycles. The van der Waals surface area contributed by atoms with Crippen LogP contribution in [0.1, 0.15) is 44.9 Å². The van der Waals surface area contributed by atoms with Crippen LogP contribution in [0.15, 0.2) is 29.5 Å². The molecular weight excluding hydrogens is 485 g/mol. The van der Waals surface area contributed by atoms with E-state index in [9.17, 15) is 19.2 Å². The molecule has 2 amide bonds. The Balaban J connectivity index is 1.11. The fraction of sp³-hybridized carbons (Fsp3) is 0.625. The summed E-state index contributed by atoms with van der Waals surface area (Å²) in [7, 11) is -3.16. The number of rotatable bonds is 9. The van der Waals surface area contributed by atoms with Crippen molar-refractivity contribution in [1.29, 1.82) is 0 Å². The van der Waals surface area contributed by atoms with Crippen LogP contribution in [0.2, 0.25) is 0 Å². The molecule has 0 radical (unpaired) electrons. The molecule has 0 unspecified atom stereocenters. The van der Waals surface area contributed by atoms with Crippen LogP contribution >= 0.6 is 7.87 Å². The number of carbonyl (C=O) groups is 4. The molecule has 196 valence electrons. The maximum atomic E-state index is 12.9. The second-order valence-corrected chi connectivity index (χ2v) is 13.5. The third kappa shape index (κ3) is 4.37. The van der Waals surface area contributed by atoms with Crippen LogP contribution in [0.4, 0.5) is 0 Å². The second kappa shape index (κ2) is 9.04. The van der Waals surface area contributed by atoms with Gasteiger partial charge in [-0.05, 0) is 6.08 Å². The van der Waals surface area contributed by atoms with Crippen LogP contribution in [0.5, 0.6) is 0 Å². The van der Waals surface area contributed by atoms with E-state index < -0.39 is 30.6 Å². The quantitative estimate of drug-likeness (QED) is 0.233. The van der Waals surface area contributed by atoms with Gasteiger partial charge in [0.25, 0.3) is 5.91 Å². The van der Waals surface area contributed by atoms with Crippen molar-refractivity contribution in [3.8, 4) is 0 Å². The summed E-state index contributed by atoms with van der Waals surface area (Å²) in [5, 5.41) is 7.37. The predicted molar refractivity (Wildman–Crippen MR) is 133 cm³/mol. The van der Waals surface area contributed by atoms with Crippen molar-refractivity contribution in [1.82, 2.24) is 15.4 Å². The molecule has 3 aliphatic carbocycles. The minimum absolute atomic E-state index is 0.0636. The molecule has 5 aliphatic rings. The van der Waals surface area contributed by atoms with Crippen LogP contribution in [-0.4, -0.2) is 60.7 Å². The van der Waals surface area contributed by atoms with Gasteiger partial charge in [0.1, 0.15) is 0 Å². The average Bonchev–Trinajstić information content (AvgIpc) is 3.50. The molecule has 4 N–H and O–H groups in total. The van der Waals surface area contributed by atoms with Crippen LogP contribution in [0.3, 0.4) is 0 Å². The van der Waals surface area contributed by atoms with Gasteiger partial charge in [0, 0.05) is 11.8 Å². The van der Waals surface area contributed by atoms with E-state index in [0.717, 1.165) is 25.7 Å². The van der Waals surface area contributed by atoms with Crippen LogP contribution in [0, 0.1) is 22.7 Å². The van der Waals surface area contributed by atoms with E-state index in [1.54, 1.807) is 17.6 Å². The number of hydrogen-bond acceptors (Lipinski definition) is 9. The summed E-state index contributed by atoms with van der Waals surface area (Å²) in [6.45, 7) is 7.15. The van der Waals surface area contributed by atoms with E-state index in [0.29, 0.717) is 49.3 Å². The number of allylic oxidation sites excluding steroid dienone is 1. The number of hydrazone groups is 1. The Morgan fingerprint density at radius 1 is 1.19 bits per heavy atom. The van der Waals surface area contributed by atoms with Crippen molar-refractivity contribution in [3.05, 3.63) is 24.4 Å². The van der Waals surface area contributed by atoms with Crippen molar-refractivity contribution in [2.75, 3.05) is 26.3 Å². The summed E-state index contributed by atoms with van der Waals surface area (Å²) in [6, 6.07) is 0. The van der Waals surface area contributed by atoms with E-state index in [-0.39, 0.29) is 24.7 Å². The summed E-state index contributed by atoms with van der Waals surface area (Å²) >= 11 is 0. The fourth-order valence-electron chi connectivity index (χ4n) is 5.33. The van der Waals surface area contributed by atoms with Crippen LogP contribution in [0.25, 0.3) is 0 Å². The third-order valence-electron chi connectivity index (χ3n) is 8.43. The summed E-state index contributed by atoms with van der Waals surface area (Å²) < 4.78 is 11.3. The molecular formula is C24H34N5O6P. The van der Waals surface area contributed by atoms with Gasteiger partial charge in [-0.15, -0.1) is 0 Å².